The third-order valence-electron chi connectivity index (χ3n) is 4.14. The number of imidazole rings is 2. The molecule has 0 radical (unpaired) electrons. The highest BCUT2D eigenvalue weighted by Crippen LogP contribution is 2.28. The fourth-order valence-corrected chi connectivity index (χ4v) is 3.00. The summed E-state index contributed by atoms with van der Waals surface area (Å²) in [4.78, 5) is 12.7. The number of fused-ring (bicyclic) bond motifs is 1. The summed E-state index contributed by atoms with van der Waals surface area (Å²) in [6, 6.07) is 8.30. The zero-order valence-corrected chi connectivity index (χ0v) is 13.2. The molecule has 3 aromatic heterocycles. The lowest BCUT2D eigenvalue weighted by Crippen LogP contribution is -2.11. The second-order valence-corrected chi connectivity index (χ2v) is 5.74. The van der Waals surface area contributed by atoms with Crippen LogP contribution in [0.2, 0.25) is 0 Å². The van der Waals surface area contributed by atoms with E-state index in [0.717, 1.165) is 34.7 Å². The number of furan rings is 1. The van der Waals surface area contributed by atoms with Crippen LogP contribution in [0.25, 0.3) is 22.4 Å². The topological polar surface area (TPSA) is 59.6 Å². The molecule has 5 nitrogen and oxygen atoms in total. The second-order valence-electron chi connectivity index (χ2n) is 5.74. The largest absolute Gasteiger partial charge is 0.472 e. The molecule has 1 atom stereocenters. The quantitative estimate of drug-likeness (QED) is 0.610. The van der Waals surface area contributed by atoms with Crippen LogP contribution < -0.4 is 0 Å². The van der Waals surface area contributed by atoms with Crippen molar-refractivity contribution < 1.29 is 4.42 Å². The number of nitrogens with one attached hydrogen (secondary N) is 1. The zero-order valence-electron chi connectivity index (χ0n) is 13.2. The fraction of sp³-hybridized carbons (Fsp3) is 0.222. The minimum atomic E-state index is 0.107. The maximum Gasteiger partial charge on any atom is 0.143 e. The van der Waals surface area contributed by atoms with Crippen LogP contribution >= 0.6 is 0 Å². The highest BCUT2D eigenvalue weighted by atomic mass is 16.3. The van der Waals surface area contributed by atoms with E-state index in [9.17, 15) is 0 Å². The van der Waals surface area contributed by atoms with Crippen LogP contribution in [0.15, 0.2) is 53.6 Å². The lowest BCUT2D eigenvalue weighted by molar-refractivity contribution is 0.544. The molecule has 4 rings (SSSR count). The number of nitrogens with zero attached hydrogens (tertiary/aromatic N) is 3. The first-order chi connectivity index (χ1) is 11.3. The molecule has 0 aliphatic rings. The Hall–Kier alpha value is -2.82. The molecular formula is C18H18N4O. The average molecular weight is 306 g/mol. The third-order valence-corrected chi connectivity index (χ3v) is 4.14. The first kappa shape index (κ1) is 13.8. The van der Waals surface area contributed by atoms with Crippen molar-refractivity contribution in [3.63, 3.8) is 0 Å². The van der Waals surface area contributed by atoms with E-state index in [0.29, 0.717) is 0 Å². The predicted molar refractivity (Wildman–Crippen MR) is 89.2 cm³/mol. The van der Waals surface area contributed by atoms with Gasteiger partial charge < -0.3 is 14.0 Å². The Bertz CT molecular complexity index is 933. The van der Waals surface area contributed by atoms with Crippen molar-refractivity contribution in [3.8, 4) is 11.4 Å². The van der Waals surface area contributed by atoms with Crippen molar-refractivity contribution in [1.82, 2.24) is 19.5 Å². The van der Waals surface area contributed by atoms with E-state index in [1.807, 2.05) is 18.5 Å². The van der Waals surface area contributed by atoms with Gasteiger partial charge in [-0.1, -0.05) is 13.0 Å². The Balaban J connectivity index is 1.81. The minimum Gasteiger partial charge on any atom is -0.472 e. The van der Waals surface area contributed by atoms with Crippen LogP contribution in [0.3, 0.4) is 0 Å². The van der Waals surface area contributed by atoms with E-state index >= 15 is 0 Å². The van der Waals surface area contributed by atoms with Crippen molar-refractivity contribution in [3.05, 3.63) is 60.6 Å². The summed E-state index contributed by atoms with van der Waals surface area (Å²) >= 11 is 0. The average Bonchev–Trinajstić information content (AvgIpc) is 3.27. The Kier molecular flexibility index (Phi) is 3.26. The molecule has 0 unspecified atom stereocenters. The van der Waals surface area contributed by atoms with Crippen molar-refractivity contribution >= 4 is 11.0 Å². The van der Waals surface area contributed by atoms with Crippen LogP contribution in [0.5, 0.6) is 0 Å². The number of aromatic nitrogens is 4. The first-order valence-electron chi connectivity index (χ1n) is 7.78. The van der Waals surface area contributed by atoms with E-state index in [1.54, 1.807) is 12.5 Å². The molecular weight excluding hydrogens is 288 g/mol. The van der Waals surface area contributed by atoms with E-state index in [-0.39, 0.29) is 6.04 Å². The summed E-state index contributed by atoms with van der Waals surface area (Å²) in [5.41, 5.74) is 4.26. The van der Waals surface area contributed by atoms with Gasteiger partial charge in [-0.15, -0.1) is 0 Å². The Labute approximate surface area is 134 Å². The molecule has 0 saturated carbocycles. The smallest absolute Gasteiger partial charge is 0.143 e. The summed E-state index contributed by atoms with van der Waals surface area (Å²) in [5.74, 6) is 1.85. The van der Waals surface area contributed by atoms with Crippen LogP contribution in [0, 0.1) is 6.92 Å². The van der Waals surface area contributed by atoms with Gasteiger partial charge >= 0.3 is 0 Å². The van der Waals surface area contributed by atoms with Gasteiger partial charge in [-0.2, -0.15) is 0 Å². The first-order valence-corrected chi connectivity index (χ1v) is 7.78. The van der Waals surface area contributed by atoms with Crippen LogP contribution in [0.1, 0.15) is 30.8 Å². The maximum absolute atomic E-state index is 5.20. The molecule has 1 aromatic carbocycles. The van der Waals surface area contributed by atoms with Gasteiger partial charge in [0.1, 0.15) is 17.9 Å². The highest BCUT2D eigenvalue weighted by Gasteiger charge is 2.20. The summed E-state index contributed by atoms with van der Waals surface area (Å²) in [6.07, 6.45) is 8.11. The molecule has 0 aliphatic heterocycles. The van der Waals surface area contributed by atoms with Crippen molar-refractivity contribution in [2.75, 3.05) is 0 Å². The summed E-state index contributed by atoms with van der Waals surface area (Å²) in [6.45, 7) is 4.24. The lowest BCUT2D eigenvalue weighted by Gasteiger charge is -2.16. The molecule has 3 heterocycles. The third kappa shape index (κ3) is 2.34. The van der Waals surface area contributed by atoms with E-state index in [1.165, 1.54) is 5.56 Å². The minimum absolute atomic E-state index is 0.107. The molecule has 0 spiro atoms. The molecule has 1 N–H and O–H groups in total. The molecule has 0 saturated heterocycles. The number of aromatic amines is 1. The summed E-state index contributed by atoms with van der Waals surface area (Å²) in [7, 11) is 0. The van der Waals surface area contributed by atoms with Crippen molar-refractivity contribution in [1.29, 1.82) is 0 Å². The fourth-order valence-electron chi connectivity index (χ4n) is 3.00. The highest BCUT2D eigenvalue weighted by molar-refractivity contribution is 5.76. The van der Waals surface area contributed by atoms with Gasteiger partial charge in [0.2, 0.25) is 0 Å². The molecule has 5 heteroatoms. The van der Waals surface area contributed by atoms with Crippen LogP contribution in [0.4, 0.5) is 0 Å². The van der Waals surface area contributed by atoms with E-state index in [2.05, 4.69) is 46.6 Å². The van der Waals surface area contributed by atoms with Crippen LogP contribution in [-0.2, 0) is 0 Å². The number of aryl methyl sites for hydroxylation is 1. The number of hydrogen-bond donors (Lipinski definition) is 1. The number of benzene rings is 1. The monoisotopic (exact) mass is 306 g/mol. The Morgan fingerprint density at radius 1 is 1.30 bits per heavy atom. The molecule has 23 heavy (non-hydrogen) atoms. The van der Waals surface area contributed by atoms with Crippen molar-refractivity contribution in [2.24, 2.45) is 0 Å². The Morgan fingerprint density at radius 2 is 2.22 bits per heavy atom. The van der Waals surface area contributed by atoms with Crippen LogP contribution in [-0.4, -0.2) is 19.5 Å². The lowest BCUT2D eigenvalue weighted by atomic mass is 10.2. The molecule has 116 valence electrons. The molecule has 4 aromatic rings. The van der Waals surface area contributed by atoms with Gasteiger partial charge in [0.15, 0.2) is 0 Å². The molecule has 0 bridgehead atoms. The van der Waals surface area contributed by atoms with Gasteiger partial charge in [0.25, 0.3) is 0 Å². The maximum atomic E-state index is 5.20. The standard InChI is InChI=1S/C18H18N4O/c1-3-16(17-20-14-5-4-12(2)10-15(14)21-17)22-8-7-19-18(22)13-6-9-23-11-13/h4-11,16H,3H2,1-2H3,(H,20,21)/t16-/m1/s1. The number of hydrogen-bond acceptors (Lipinski definition) is 3. The number of rotatable bonds is 4. The molecule has 0 amide bonds. The summed E-state index contributed by atoms with van der Waals surface area (Å²) in [5, 5.41) is 0. The molecule has 0 fully saturated rings. The summed E-state index contributed by atoms with van der Waals surface area (Å²) < 4.78 is 7.35. The zero-order chi connectivity index (χ0) is 15.8. The van der Waals surface area contributed by atoms with Gasteiger partial charge in [-0.25, -0.2) is 9.97 Å². The SMILES string of the molecule is CC[C@H](c1nc2ccc(C)cc2[nH]1)n1ccnc1-c1ccoc1. The van der Waals surface area contributed by atoms with Gasteiger partial charge in [-0.05, 0) is 37.1 Å². The van der Waals surface area contributed by atoms with Crippen molar-refractivity contribution in [2.45, 2.75) is 26.3 Å². The Morgan fingerprint density at radius 3 is 3.00 bits per heavy atom. The number of H-pyrrole nitrogens is 1. The predicted octanol–water partition coefficient (Wildman–Crippen LogP) is 4.33. The second kappa shape index (κ2) is 5.43. The van der Waals surface area contributed by atoms with E-state index < -0.39 is 0 Å². The van der Waals surface area contributed by atoms with E-state index in [4.69, 9.17) is 9.40 Å². The van der Waals surface area contributed by atoms with Gasteiger partial charge in [-0.3, -0.25) is 0 Å². The van der Waals surface area contributed by atoms with Gasteiger partial charge in [0, 0.05) is 12.4 Å². The normalized spacial score (nSPS) is 12.8. The molecule has 0 aliphatic carbocycles. The van der Waals surface area contributed by atoms with Gasteiger partial charge in [0.05, 0.1) is 28.9 Å².